The van der Waals surface area contributed by atoms with Crippen LogP contribution in [0.3, 0.4) is 0 Å². The van der Waals surface area contributed by atoms with Crippen LogP contribution in [-0.4, -0.2) is 40.9 Å². The van der Waals surface area contributed by atoms with Crippen molar-refractivity contribution < 1.29 is 14.6 Å². The molecular weight excluding hydrogens is 330 g/mol. The number of fused-ring (bicyclic) bond motifs is 2. The Morgan fingerprint density at radius 2 is 2.12 bits per heavy atom. The molecule has 2 aromatic rings. The molecule has 5 rings (SSSR count). The standard InChI is InChI=1S/C20H23N3O3/c24-12-18-21-11-17-19(22-18)23(13-20(17)6-7-20)14-2-1-3-16(10-14)26-15-4-8-25-9-5-15/h1-3,10-11,15,24H,4-9,12-13H2. The molecule has 6 nitrogen and oxygen atoms in total. The third-order valence-corrected chi connectivity index (χ3v) is 5.70. The van der Waals surface area contributed by atoms with E-state index >= 15 is 0 Å². The Labute approximate surface area is 152 Å². The summed E-state index contributed by atoms with van der Waals surface area (Å²) in [6.45, 7) is 2.33. The summed E-state index contributed by atoms with van der Waals surface area (Å²) in [4.78, 5) is 11.2. The van der Waals surface area contributed by atoms with Crippen LogP contribution in [0.25, 0.3) is 0 Å². The lowest BCUT2D eigenvalue weighted by molar-refractivity contribution is 0.0256. The van der Waals surface area contributed by atoms with Gasteiger partial charge in [-0.25, -0.2) is 9.97 Å². The SMILES string of the molecule is OCc1ncc2c(n1)N(c1cccc(OC3CCOCC3)c1)CC21CC1. The quantitative estimate of drug-likeness (QED) is 0.912. The fraction of sp³-hybridized carbons (Fsp3) is 0.500. The molecule has 136 valence electrons. The van der Waals surface area contributed by atoms with Gasteiger partial charge < -0.3 is 19.5 Å². The second kappa shape index (κ2) is 6.21. The lowest BCUT2D eigenvalue weighted by atomic mass is 10.0. The van der Waals surface area contributed by atoms with Gasteiger partial charge in [0.25, 0.3) is 0 Å². The molecule has 0 bridgehead atoms. The molecule has 0 amide bonds. The highest BCUT2D eigenvalue weighted by Crippen LogP contribution is 2.57. The normalized spacial score (nSPS) is 21.0. The van der Waals surface area contributed by atoms with Crippen LogP contribution < -0.4 is 9.64 Å². The number of benzene rings is 1. The van der Waals surface area contributed by atoms with E-state index < -0.39 is 0 Å². The Hall–Kier alpha value is -2.18. The lowest BCUT2D eigenvalue weighted by Gasteiger charge is -2.25. The molecule has 6 heteroatoms. The Kier molecular flexibility index (Phi) is 3.83. The molecule has 1 aliphatic carbocycles. The predicted octanol–water partition coefficient (Wildman–Crippen LogP) is 2.71. The van der Waals surface area contributed by atoms with Crippen molar-refractivity contribution in [3.8, 4) is 5.75 Å². The Morgan fingerprint density at radius 1 is 1.27 bits per heavy atom. The van der Waals surface area contributed by atoms with Gasteiger partial charge in [0.05, 0.1) is 13.2 Å². The van der Waals surface area contributed by atoms with E-state index in [2.05, 4.69) is 27.0 Å². The van der Waals surface area contributed by atoms with Crippen molar-refractivity contribution >= 4 is 11.5 Å². The van der Waals surface area contributed by atoms with E-state index in [0.29, 0.717) is 5.82 Å². The first kappa shape index (κ1) is 16.0. The van der Waals surface area contributed by atoms with Gasteiger partial charge in [0, 0.05) is 48.3 Å². The van der Waals surface area contributed by atoms with Crippen molar-refractivity contribution in [2.45, 2.75) is 43.8 Å². The van der Waals surface area contributed by atoms with E-state index in [4.69, 9.17) is 9.47 Å². The monoisotopic (exact) mass is 353 g/mol. The van der Waals surface area contributed by atoms with Crippen molar-refractivity contribution in [1.82, 2.24) is 9.97 Å². The van der Waals surface area contributed by atoms with E-state index in [9.17, 15) is 5.11 Å². The highest BCUT2D eigenvalue weighted by atomic mass is 16.5. The van der Waals surface area contributed by atoms with Crippen LogP contribution in [0.15, 0.2) is 30.5 Å². The third-order valence-electron chi connectivity index (χ3n) is 5.70. The van der Waals surface area contributed by atoms with Gasteiger partial charge in [-0.1, -0.05) is 6.07 Å². The van der Waals surface area contributed by atoms with Crippen LogP contribution in [0.1, 0.15) is 37.1 Å². The van der Waals surface area contributed by atoms with Gasteiger partial charge in [-0.3, -0.25) is 0 Å². The number of aromatic nitrogens is 2. The maximum absolute atomic E-state index is 9.42. The van der Waals surface area contributed by atoms with Gasteiger partial charge in [0.1, 0.15) is 24.3 Å². The summed E-state index contributed by atoms with van der Waals surface area (Å²) >= 11 is 0. The molecule has 1 aromatic heterocycles. The average Bonchev–Trinajstić information content (AvgIpc) is 3.39. The van der Waals surface area contributed by atoms with Gasteiger partial charge in [-0.2, -0.15) is 0 Å². The van der Waals surface area contributed by atoms with Crippen LogP contribution in [-0.2, 0) is 16.8 Å². The largest absolute Gasteiger partial charge is 0.490 e. The third kappa shape index (κ3) is 2.73. The van der Waals surface area contributed by atoms with Crippen molar-refractivity contribution in [3.63, 3.8) is 0 Å². The Morgan fingerprint density at radius 3 is 2.88 bits per heavy atom. The van der Waals surface area contributed by atoms with Crippen molar-refractivity contribution in [2.75, 3.05) is 24.7 Å². The summed E-state index contributed by atoms with van der Waals surface area (Å²) in [6.07, 6.45) is 6.36. The number of rotatable bonds is 4. The number of hydrogen-bond acceptors (Lipinski definition) is 6. The molecule has 0 radical (unpaired) electrons. The van der Waals surface area contributed by atoms with Crippen LogP contribution in [0, 0.1) is 0 Å². The highest BCUT2D eigenvalue weighted by Gasteiger charge is 2.53. The zero-order valence-electron chi connectivity index (χ0n) is 14.7. The molecule has 1 saturated carbocycles. The molecule has 1 N–H and O–H groups in total. The van der Waals surface area contributed by atoms with Crippen LogP contribution in [0.2, 0.25) is 0 Å². The van der Waals surface area contributed by atoms with Crippen molar-refractivity contribution in [2.24, 2.45) is 0 Å². The fourth-order valence-corrected chi connectivity index (χ4v) is 4.03. The number of aliphatic hydroxyl groups excluding tert-OH is 1. The second-order valence-corrected chi connectivity index (χ2v) is 7.48. The number of hydrogen-bond donors (Lipinski definition) is 1. The first-order valence-corrected chi connectivity index (χ1v) is 9.37. The zero-order chi connectivity index (χ0) is 17.6. The zero-order valence-corrected chi connectivity index (χ0v) is 14.7. The summed E-state index contributed by atoms with van der Waals surface area (Å²) in [7, 11) is 0. The van der Waals surface area contributed by atoms with Gasteiger partial charge in [-0.05, 0) is 25.0 Å². The van der Waals surface area contributed by atoms with Gasteiger partial charge in [0.15, 0.2) is 5.82 Å². The molecule has 1 spiro atoms. The van der Waals surface area contributed by atoms with Crippen LogP contribution in [0.5, 0.6) is 5.75 Å². The maximum Gasteiger partial charge on any atom is 0.156 e. The Bertz CT molecular complexity index is 816. The summed E-state index contributed by atoms with van der Waals surface area (Å²) in [5.41, 5.74) is 2.49. The summed E-state index contributed by atoms with van der Waals surface area (Å²) in [6, 6.07) is 8.25. The average molecular weight is 353 g/mol. The molecule has 1 saturated heterocycles. The minimum Gasteiger partial charge on any atom is -0.490 e. The minimum absolute atomic E-state index is 0.138. The minimum atomic E-state index is -0.138. The number of anilines is 2. The van der Waals surface area contributed by atoms with E-state index in [-0.39, 0.29) is 18.1 Å². The molecule has 1 aromatic carbocycles. The smallest absolute Gasteiger partial charge is 0.156 e. The van der Waals surface area contributed by atoms with Crippen molar-refractivity contribution in [3.05, 3.63) is 41.9 Å². The molecule has 0 atom stereocenters. The van der Waals surface area contributed by atoms with Crippen LogP contribution in [0.4, 0.5) is 11.5 Å². The molecular formula is C20H23N3O3. The van der Waals surface area contributed by atoms with Gasteiger partial charge in [-0.15, -0.1) is 0 Å². The van der Waals surface area contributed by atoms with Gasteiger partial charge in [0.2, 0.25) is 0 Å². The first-order valence-electron chi connectivity index (χ1n) is 9.37. The van der Waals surface area contributed by atoms with Crippen molar-refractivity contribution in [1.29, 1.82) is 0 Å². The number of aliphatic hydroxyl groups is 1. The second-order valence-electron chi connectivity index (χ2n) is 7.48. The van der Waals surface area contributed by atoms with E-state index in [1.807, 2.05) is 18.3 Å². The topological polar surface area (TPSA) is 67.7 Å². The molecule has 2 aliphatic heterocycles. The number of ether oxygens (including phenoxy) is 2. The first-order chi connectivity index (χ1) is 12.8. The van der Waals surface area contributed by atoms with Gasteiger partial charge >= 0.3 is 0 Å². The summed E-state index contributed by atoms with van der Waals surface area (Å²) in [5, 5.41) is 9.42. The fourth-order valence-electron chi connectivity index (χ4n) is 4.03. The summed E-state index contributed by atoms with van der Waals surface area (Å²) in [5.74, 6) is 2.30. The maximum atomic E-state index is 9.42. The predicted molar refractivity (Wildman–Crippen MR) is 96.8 cm³/mol. The molecule has 2 fully saturated rings. The molecule has 0 unspecified atom stereocenters. The van der Waals surface area contributed by atoms with Crippen LogP contribution >= 0.6 is 0 Å². The highest BCUT2D eigenvalue weighted by molar-refractivity contribution is 5.71. The molecule has 26 heavy (non-hydrogen) atoms. The molecule has 3 heterocycles. The van der Waals surface area contributed by atoms with E-state index in [1.165, 1.54) is 18.4 Å². The lowest BCUT2D eigenvalue weighted by Crippen LogP contribution is -2.26. The number of nitrogens with zero attached hydrogens (tertiary/aromatic N) is 3. The molecule has 3 aliphatic rings. The summed E-state index contributed by atoms with van der Waals surface area (Å²) < 4.78 is 11.6. The van der Waals surface area contributed by atoms with E-state index in [0.717, 1.165) is 49.9 Å². The van der Waals surface area contributed by atoms with E-state index in [1.54, 1.807) is 0 Å². The Balaban J connectivity index is 1.44.